The molecule has 0 radical (unpaired) electrons. The van der Waals surface area contributed by atoms with Crippen molar-refractivity contribution in [1.29, 1.82) is 0 Å². The third-order valence-electron chi connectivity index (χ3n) is 1.81. The van der Waals surface area contributed by atoms with Gasteiger partial charge in [0.1, 0.15) is 11.9 Å². The molecule has 4 nitrogen and oxygen atoms in total. The van der Waals surface area contributed by atoms with Crippen molar-refractivity contribution in [3.05, 3.63) is 0 Å². The van der Waals surface area contributed by atoms with Gasteiger partial charge in [0.2, 0.25) is 0 Å². The van der Waals surface area contributed by atoms with Gasteiger partial charge in [-0.05, 0) is 27.2 Å². The van der Waals surface area contributed by atoms with Gasteiger partial charge in [-0.15, -0.1) is 0 Å². The van der Waals surface area contributed by atoms with Crippen LogP contribution in [0.15, 0.2) is 0 Å². The predicted octanol–water partition coefficient (Wildman–Crippen LogP) is 2.32. The zero-order chi connectivity index (χ0) is 13.0. The molecule has 0 amide bonds. The maximum atomic E-state index is 10.4. The van der Waals surface area contributed by atoms with E-state index in [0.717, 1.165) is 6.42 Å². The average molecular weight is 230 g/mol. The lowest BCUT2D eigenvalue weighted by Crippen LogP contribution is -2.11. The lowest BCUT2D eigenvalue weighted by molar-refractivity contribution is -0.267. The molecule has 0 aliphatic heterocycles. The molecule has 94 valence electrons. The quantitative estimate of drug-likeness (QED) is 0.399. The molecular formula is C12H22O4. The van der Waals surface area contributed by atoms with Gasteiger partial charge in [0.15, 0.2) is 6.11 Å². The molecule has 0 aromatic rings. The Bertz CT molecular complexity index is 204. The first kappa shape index (κ1) is 17.3. The molecule has 0 rings (SSSR count). The standard InChI is InChI=1S/C7H10O3.C5H12O/c1-4-9-10-7(3)5-6(2)8;1-4-5(2)6-3/h1,7H,5H2,2-3H3;5H,4H2,1-3H3. The minimum absolute atomic E-state index is 0.0492. The number of rotatable bonds is 6. The molecule has 0 heterocycles. The van der Waals surface area contributed by atoms with E-state index < -0.39 is 0 Å². The number of ketones is 1. The van der Waals surface area contributed by atoms with E-state index in [1.165, 1.54) is 6.92 Å². The van der Waals surface area contributed by atoms with E-state index in [1.54, 1.807) is 14.0 Å². The van der Waals surface area contributed by atoms with Crippen molar-refractivity contribution in [3.63, 3.8) is 0 Å². The monoisotopic (exact) mass is 230 g/mol. The lowest BCUT2D eigenvalue weighted by Gasteiger charge is -2.04. The predicted molar refractivity (Wildman–Crippen MR) is 62.5 cm³/mol. The van der Waals surface area contributed by atoms with Crippen molar-refractivity contribution in [2.75, 3.05) is 7.11 Å². The van der Waals surface area contributed by atoms with Gasteiger partial charge < -0.3 is 4.74 Å². The number of methoxy groups -OCH3 is 1. The summed E-state index contributed by atoms with van der Waals surface area (Å²) < 4.78 is 4.90. The van der Waals surface area contributed by atoms with Gasteiger partial charge in [-0.2, -0.15) is 4.89 Å². The highest BCUT2D eigenvalue weighted by molar-refractivity contribution is 5.75. The van der Waals surface area contributed by atoms with E-state index in [-0.39, 0.29) is 11.9 Å². The van der Waals surface area contributed by atoms with Gasteiger partial charge in [0.05, 0.1) is 6.10 Å². The van der Waals surface area contributed by atoms with E-state index in [4.69, 9.17) is 11.2 Å². The Balaban J connectivity index is 0. The highest BCUT2D eigenvalue weighted by Gasteiger charge is 2.05. The minimum atomic E-state index is -0.270. The van der Waals surface area contributed by atoms with Crippen LogP contribution in [0.1, 0.15) is 40.5 Å². The molecule has 16 heavy (non-hydrogen) atoms. The second-order valence-corrected chi connectivity index (χ2v) is 3.47. The maximum Gasteiger partial charge on any atom is 0.153 e. The molecule has 0 saturated carbocycles. The molecule has 4 heteroatoms. The molecule has 0 bridgehead atoms. The number of terminal acetylenes is 1. The first-order chi connectivity index (χ1) is 7.47. The number of carbonyl (C=O) groups excluding carboxylic acids is 1. The third-order valence-corrected chi connectivity index (χ3v) is 1.81. The third kappa shape index (κ3) is 15.4. The molecule has 2 unspecified atom stereocenters. The minimum Gasteiger partial charge on any atom is -0.382 e. The topological polar surface area (TPSA) is 44.8 Å². The Morgan fingerprint density at radius 3 is 2.19 bits per heavy atom. The molecule has 0 aromatic carbocycles. The fraction of sp³-hybridized carbons (Fsp3) is 0.750. The summed E-state index contributed by atoms with van der Waals surface area (Å²) in [5.74, 6) is 0.0492. The smallest absolute Gasteiger partial charge is 0.153 e. The van der Waals surface area contributed by atoms with Gasteiger partial charge in [-0.1, -0.05) is 13.3 Å². The zero-order valence-electron chi connectivity index (χ0n) is 10.8. The molecule has 0 N–H and O–H groups in total. The largest absolute Gasteiger partial charge is 0.382 e. The molecule has 0 saturated heterocycles. The zero-order valence-corrected chi connectivity index (χ0v) is 10.8. The Morgan fingerprint density at radius 2 is 1.94 bits per heavy atom. The second kappa shape index (κ2) is 12.0. The summed E-state index contributed by atoms with van der Waals surface area (Å²) in [7, 11) is 1.73. The summed E-state index contributed by atoms with van der Waals surface area (Å²) in [6.07, 6.45) is 8.16. The van der Waals surface area contributed by atoms with E-state index in [2.05, 4.69) is 23.6 Å². The van der Waals surface area contributed by atoms with Crippen molar-refractivity contribution >= 4 is 5.78 Å². The second-order valence-electron chi connectivity index (χ2n) is 3.47. The van der Waals surface area contributed by atoms with Gasteiger partial charge in [-0.25, -0.2) is 0 Å². The number of hydrogen-bond acceptors (Lipinski definition) is 4. The number of hydrogen-bond donors (Lipinski definition) is 0. The highest BCUT2D eigenvalue weighted by Crippen LogP contribution is 1.97. The highest BCUT2D eigenvalue weighted by atomic mass is 17.2. The molecule has 0 aliphatic carbocycles. The van der Waals surface area contributed by atoms with Crippen molar-refractivity contribution < 1.29 is 19.3 Å². The fourth-order valence-electron chi connectivity index (χ4n) is 0.715. The maximum absolute atomic E-state index is 10.4. The number of carbonyl (C=O) groups is 1. The molecule has 0 aromatic heterocycles. The summed E-state index contributed by atoms with van der Waals surface area (Å²) >= 11 is 0. The van der Waals surface area contributed by atoms with Gasteiger partial charge in [0, 0.05) is 13.5 Å². The summed E-state index contributed by atoms with van der Waals surface area (Å²) in [6.45, 7) is 7.35. The van der Waals surface area contributed by atoms with Gasteiger partial charge in [-0.3, -0.25) is 9.68 Å². The van der Waals surface area contributed by atoms with Crippen LogP contribution in [0.4, 0.5) is 0 Å². The normalized spacial score (nSPS) is 12.8. The van der Waals surface area contributed by atoms with E-state index in [9.17, 15) is 4.79 Å². The summed E-state index contributed by atoms with van der Waals surface area (Å²) in [4.78, 5) is 19.1. The van der Waals surface area contributed by atoms with Crippen LogP contribution in [-0.4, -0.2) is 25.1 Å². The van der Waals surface area contributed by atoms with Crippen LogP contribution in [-0.2, 0) is 19.3 Å². The van der Waals surface area contributed by atoms with Crippen molar-refractivity contribution in [2.24, 2.45) is 0 Å². The molecule has 0 spiro atoms. The average Bonchev–Trinajstić information content (AvgIpc) is 2.25. The Morgan fingerprint density at radius 1 is 1.38 bits per heavy atom. The van der Waals surface area contributed by atoms with Crippen LogP contribution in [0.2, 0.25) is 0 Å². The van der Waals surface area contributed by atoms with Crippen molar-refractivity contribution in [3.8, 4) is 12.5 Å². The summed E-state index contributed by atoms with van der Waals surface area (Å²) in [6, 6.07) is 0. The fourth-order valence-corrected chi connectivity index (χ4v) is 0.715. The van der Waals surface area contributed by atoms with Gasteiger partial charge >= 0.3 is 0 Å². The van der Waals surface area contributed by atoms with E-state index >= 15 is 0 Å². The SMILES string of the molecule is C#COOC(C)CC(C)=O.CCC(C)OC. The Kier molecular flexibility index (Phi) is 13.0. The number of Topliss-reactive ketones (excluding diaryl/α,β-unsaturated/α-hetero) is 1. The van der Waals surface area contributed by atoms with Crippen LogP contribution < -0.4 is 0 Å². The van der Waals surface area contributed by atoms with Crippen molar-refractivity contribution in [1.82, 2.24) is 0 Å². The number of ether oxygens (including phenoxy) is 1. The van der Waals surface area contributed by atoms with Crippen LogP contribution in [0, 0.1) is 12.5 Å². The first-order valence-electron chi connectivity index (χ1n) is 5.28. The summed E-state index contributed by atoms with van der Waals surface area (Å²) in [5, 5.41) is 0. The molecule has 0 aliphatic rings. The Labute approximate surface area is 98.2 Å². The van der Waals surface area contributed by atoms with Crippen molar-refractivity contribution in [2.45, 2.75) is 52.7 Å². The van der Waals surface area contributed by atoms with E-state index in [1.807, 2.05) is 6.11 Å². The lowest BCUT2D eigenvalue weighted by atomic mass is 10.2. The first-order valence-corrected chi connectivity index (χ1v) is 5.28. The van der Waals surface area contributed by atoms with Crippen LogP contribution in [0.25, 0.3) is 0 Å². The van der Waals surface area contributed by atoms with Crippen LogP contribution in [0.3, 0.4) is 0 Å². The molecule has 2 atom stereocenters. The Hall–Kier alpha value is -1.05. The van der Waals surface area contributed by atoms with Gasteiger partial charge in [0.25, 0.3) is 0 Å². The van der Waals surface area contributed by atoms with Crippen LogP contribution in [0.5, 0.6) is 0 Å². The molecule has 0 fully saturated rings. The van der Waals surface area contributed by atoms with Crippen LogP contribution >= 0.6 is 0 Å². The van der Waals surface area contributed by atoms with E-state index in [0.29, 0.717) is 12.5 Å². The molecular weight excluding hydrogens is 208 g/mol. The summed E-state index contributed by atoms with van der Waals surface area (Å²) in [5.41, 5.74) is 0.